The predicted octanol–water partition coefficient (Wildman–Crippen LogP) is 4.48. The number of aromatic nitrogens is 2. The molecule has 0 fully saturated rings. The van der Waals surface area contributed by atoms with Crippen molar-refractivity contribution < 1.29 is 14.6 Å². The first-order valence-corrected chi connectivity index (χ1v) is 9.68. The molecule has 0 aliphatic heterocycles. The molecule has 0 unspecified atom stereocenters. The number of hydrogen-bond acceptors (Lipinski definition) is 5. The molecule has 0 saturated carbocycles. The summed E-state index contributed by atoms with van der Waals surface area (Å²) in [6.07, 6.45) is 3.30. The first kappa shape index (κ1) is 18.8. The second-order valence-electron chi connectivity index (χ2n) is 7.21. The summed E-state index contributed by atoms with van der Waals surface area (Å²) >= 11 is 0. The first-order valence-electron chi connectivity index (χ1n) is 9.68. The molecule has 3 aromatic rings. The average molecular weight is 387 g/mol. The topological polar surface area (TPSA) is 99.0 Å². The summed E-state index contributed by atoms with van der Waals surface area (Å²) in [5, 5.41) is 20.1. The number of rotatable bonds is 4. The maximum atomic E-state index is 12.6. The van der Waals surface area contributed by atoms with Crippen LogP contribution in [0.4, 0.5) is 0 Å². The van der Waals surface area contributed by atoms with E-state index in [9.17, 15) is 15.2 Å². The summed E-state index contributed by atoms with van der Waals surface area (Å²) in [5.41, 5.74) is 4.29. The predicted molar refractivity (Wildman–Crippen MR) is 109 cm³/mol. The standard InChI is InChI=1S/C23H21N3O3/c1-14(29-23(28)17-11-10-15-6-2-3-7-16(15)12-17)21(27)18(13-24)22-25-19-8-4-5-9-20(19)26-22/h4-5,8-12,14,27H,2-3,6-7H2,1H3,(H,25,26)/b21-18-/t14-/m0/s1. The van der Waals surface area contributed by atoms with Crippen molar-refractivity contribution >= 4 is 22.6 Å². The Kier molecular flexibility index (Phi) is 5.05. The molecule has 2 N–H and O–H groups in total. The summed E-state index contributed by atoms with van der Waals surface area (Å²) in [6.45, 7) is 1.53. The quantitative estimate of drug-likeness (QED) is 0.391. The Morgan fingerprint density at radius 3 is 2.72 bits per heavy atom. The van der Waals surface area contributed by atoms with E-state index in [1.807, 2.05) is 36.4 Å². The number of carbonyl (C=O) groups is 1. The second-order valence-corrected chi connectivity index (χ2v) is 7.21. The van der Waals surface area contributed by atoms with Gasteiger partial charge in [0.2, 0.25) is 0 Å². The molecule has 0 amide bonds. The number of ether oxygens (including phenoxy) is 1. The van der Waals surface area contributed by atoms with Gasteiger partial charge in [0, 0.05) is 0 Å². The first-order chi connectivity index (χ1) is 14.1. The van der Waals surface area contributed by atoms with Gasteiger partial charge in [-0.15, -0.1) is 0 Å². The molecule has 0 saturated heterocycles. The molecule has 1 atom stereocenters. The normalized spacial score (nSPS) is 15.2. The van der Waals surface area contributed by atoms with Gasteiger partial charge in [-0.25, -0.2) is 9.78 Å². The minimum Gasteiger partial charge on any atom is -0.507 e. The van der Waals surface area contributed by atoms with Crippen LogP contribution in [0, 0.1) is 11.3 Å². The number of aliphatic hydroxyl groups is 1. The summed E-state index contributed by atoms with van der Waals surface area (Å²) < 4.78 is 5.43. The van der Waals surface area contributed by atoms with Gasteiger partial charge in [0.1, 0.15) is 11.6 Å². The number of allylic oxidation sites excluding steroid dienone is 1. The number of nitrogens with zero attached hydrogens (tertiary/aromatic N) is 2. The highest BCUT2D eigenvalue weighted by molar-refractivity contribution is 5.90. The highest BCUT2D eigenvalue weighted by atomic mass is 16.6. The van der Waals surface area contributed by atoms with Crippen LogP contribution in [-0.4, -0.2) is 27.1 Å². The number of fused-ring (bicyclic) bond motifs is 2. The molecule has 2 aromatic carbocycles. The fraction of sp³-hybridized carbons (Fsp3) is 0.261. The van der Waals surface area contributed by atoms with E-state index in [2.05, 4.69) is 9.97 Å². The van der Waals surface area contributed by atoms with Gasteiger partial charge < -0.3 is 14.8 Å². The van der Waals surface area contributed by atoms with Crippen LogP contribution in [0.15, 0.2) is 48.2 Å². The number of esters is 1. The lowest BCUT2D eigenvalue weighted by molar-refractivity contribution is 0.0334. The molecule has 4 rings (SSSR count). The second kappa shape index (κ2) is 7.80. The zero-order chi connectivity index (χ0) is 20.4. The number of nitriles is 1. The van der Waals surface area contributed by atoms with Gasteiger partial charge in [-0.3, -0.25) is 0 Å². The molecule has 146 valence electrons. The zero-order valence-corrected chi connectivity index (χ0v) is 16.1. The van der Waals surface area contributed by atoms with Crippen molar-refractivity contribution in [2.24, 2.45) is 0 Å². The van der Waals surface area contributed by atoms with E-state index in [0.717, 1.165) is 24.8 Å². The Hall–Kier alpha value is -3.59. The summed E-state index contributed by atoms with van der Waals surface area (Å²) in [6, 6.07) is 14.9. The molecule has 1 aliphatic rings. The van der Waals surface area contributed by atoms with Crippen LogP contribution in [0.25, 0.3) is 16.6 Å². The number of H-pyrrole nitrogens is 1. The number of hydrogen-bond donors (Lipinski definition) is 2. The van der Waals surface area contributed by atoms with Crippen LogP contribution in [-0.2, 0) is 17.6 Å². The van der Waals surface area contributed by atoms with Crippen molar-refractivity contribution in [2.75, 3.05) is 0 Å². The number of nitrogens with one attached hydrogen (secondary N) is 1. The van der Waals surface area contributed by atoms with Crippen molar-refractivity contribution in [3.8, 4) is 6.07 Å². The van der Waals surface area contributed by atoms with Gasteiger partial charge >= 0.3 is 5.97 Å². The van der Waals surface area contributed by atoms with E-state index < -0.39 is 12.1 Å². The zero-order valence-electron chi connectivity index (χ0n) is 16.1. The van der Waals surface area contributed by atoms with Gasteiger partial charge in [-0.2, -0.15) is 5.26 Å². The number of carbonyl (C=O) groups excluding carboxylic acids is 1. The lowest BCUT2D eigenvalue weighted by atomic mass is 9.90. The van der Waals surface area contributed by atoms with E-state index in [1.165, 1.54) is 24.5 Å². The van der Waals surface area contributed by atoms with E-state index >= 15 is 0 Å². The van der Waals surface area contributed by atoms with Crippen molar-refractivity contribution in [1.29, 1.82) is 5.26 Å². The fourth-order valence-corrected chi connectivity index (χ4v) is 3.65. The van der Waals surface area contributed by atoms with Gasteiger partial charge in [-0.1, -0.05) is 18.2 Å². The Balaban J connectivity index is 1.56. The van der Waals surface area contributed by atoms with Crippen molar-refractivity contribution in [2.45, 2.75) is 38.7 Å². The van der Waals surface area contributed by atoms with E-state index in [1.54, 1.807) is 12.1 Å². The number of aromatic amines is 1. The van der Waals surface area contributed by atoms with Crippen molar-refractivity contribution in [3.63, 3.8) is 0 Å². The van der Waals surface area contributed by atoms with Gasteiger partial charge in [0.25, 0.3) is 0 Å². The van der Waals surface area contributed by atoms with Gasteiger partial charge in [-0.05, 0) is 68.0 Å². The largest absolute Gasteiger partial charge is 0.507 e. The molecule has 29 heavy (non-hydrogen) atoms. The van der Waals surface area contributed by atoms with Crippen LogP contribution in [0.1, 0.15) is 47.1 Å². The van der Waals surface area contributed by atoms with Gasteiger partial charge in [0.05, 0.1) is 16.6 Å². The molecule has 1 heterocycles. The molecule has 0 spiro atoms. The monoisotopic (exact) mass is 387 g/mol. The number of imidazole rings is 1. The van der Waals surface area contributed by atoms with Crippen molar-refractivity contribution in [1.82, 2.24) is 9.97 Å². The Morgan fingerprint density at radius 2 is 1.97 bits per heavy atom. The number of aliphatic hydroxyl groups excluding tert-OH is 1. The number of aryl methyl sites for hydroxylation is 2. The van der Waals surface area contributed by atoms with E-state index in [0.29, 0.717) is 11.1 Å². The van der Waals surface area contributed by atoms with E-state index in [4.69, 9.17) is 4.74 Å². The maximum absolute atomic E-state index is 12.6. The number of para-hydroxylation sites is 2. The highest BCUT2D eigenvalue weighted by Crippen LogP contribution is 2.24. The third kappa shape index (κ3) is 3.72. The Bertz CT molecular complexity index is 1120. The lowest BCUT2D eigenvalue weighted by Gasteiger charge is -2.17. The van der Waals surface area contributed by atoms with Crippen LogP contribution >= 0.6 is 0 Å². The molecule has 6 heteroatoms. The SMILES string of the molecule is C[C@H](OC(=O)c1ccc2c(c1)CCCC2)/C(O)=C(\C#N)c1nc2ccccc2[nH]1. The summed E-state index contributed by atoms with van der Waals surface area (Å²) in [7, 11) is 0. The molecule has 1 aliphatic carbocycles. The number of benzene rings is 2. The highest BCUT2D eigenvalue weighted by Gasteiger charge is 2.22. The maximum Gasteiger partial charge on any atom is 0.338 e. The minimum atomic E-state index is -0.985. The van der Waals surface area contributed by atoms with Crippen LogP contribution in [0.3, 0.4) is 0 Å². The minimum absolute atomic E-state index is 0.0491. The summed E-state index contributed by atoms with van der Waals surface area (Å²) in [4.78, 5) is 19.9. The molecule has 6 nitrogen and oxygen atoms in total. The molecular formula is C23H21N3O3. The smallest absolute Gasteiger partial charge is 0.338 e. The third-order valence-electron chi connectivity index (χ3n) is 5.25. The molecule has 1 aromatic heterocycles. The molecule has 0 bridgehead atoms. The van der Waals surface area contributed by atoms with Crippen LogP contribution in [0.5, 0.6) is 0 Å². The van der Waals surface area contributed by atoms with E-state index in [-0.39, 0.29) is 17.2 Å². The van der Waals surface area contributed by atoms with Crippen LogP contribution in [0.2, 0.25) is 0 Å². The molecule has 0 radical (unpaired) electrons. The lowest BCUT2D eigenvalue weighted by Crippen LogP contribution is -2.19. The fourth-order valence-electron chi connectivity index (χ4n) is 3.65. The van der Waals surface area contributed by atoms with Crippen molar-refractivity contribution in [3.05, 3.63) is 70.7 Å². The average Bonchev–Trinajstić information content (AvgIpc) is 3.17. The Morgan fingerprint density at radius 1 is 1.21 bits per heavy atom. The van der Waals surface area contributed by atoms with Crippen LogP contribution < -0.4 is 0 Å². The third-order valence-corrected chi connectivity index (χ3v) is 5.25. The Labute approximate surface area is 168 Å². The molecular weight excluding hydrogens is 366 g/mol. The summed E-state index contributed by atoms with van der Waals surface area (Å²) in [5.74, 6) is -0.625. The van der Waals surface area contributed by atoms with Gasteiger partial charge in [0.15, 0.2) is 17.7 Å².